The number of carbonyl (C=O) groups is 2. The highest BCUT2D eigenvalue weighted by Crippen LogP contribution is 2.31. The van der Waals surface area contributed by atoms with E-state index in [1.165, 1.54) is 14.2 Å². The van der Waals surface area contributed by atoms with Crippen LogP contribution in [0.1, 0.15) is 41.0 Å². The average Bonchev–Trinajstić information content (AvgIpc) is 2.67. The standard InChI is InChI=1S/C20H24N2O4/c1-5-13(2)21-19(23)14-9-6-7-11-16(14)22-20(24)15-10-8-12-17(25-3)18(15)26-4/h6-13H,5H2,1-4H3,(H,21,23)(H,22,24)/t13-/m1/s1. The molecule has 0 unspecified atom stereocenters. The molecular weight excluding hydrogens is 332 g/mol. The molecular formula is C20H24N2O4. The third-order valence-corrected chi connectivity index (χ3v) is 4.06. The van der Waals surface area contributed by atoms with E-state index in [4.69, 9.17) is 9.47 Å². The molecule has 6 heteroatoms. The summed E-state index contributed by atoms with van der Waals surface area (Å²) in [4.78, 5) is 25.2. The van der Waals surface area contributed by atoms with Crippen LogP contribution >= 0.6 is 0 Å². The van der Waals surface area contributed by atoms with Crippen molar-refractivity contribution in [1.82, 2.24) is 5.32 Å². The minimum Gasteiger partial charge on any atom is -0.493 e. The summed E-state index contributed by atoms with van der Waals surface area (Å²) in [5.74, 6) is 0.189. The number of carbonyl (C=O) groups excluding carboxylic acids is 2. The molecule has 0 radical (unpaired) electrons. The fourth-order valence-electron chi connectivity index (χ4n) is 2.45. The van der Waals surface area contributed by atoms with Crippen LogP contribution in [-0.2, 0) is 0 Å². The van der Waals surface area contributed by atoms with Crippen LogP contribution in [0.3, 0.4) is 0 Å². The Balaban J connectivity index is 2.30. The normalized spacial score (nSPS) is 11.4. The lowest BCUT2D eigenvalue weighted by molar-refractivity contribution is 0.0940. The molecule has 0 heterocycles. The molecule has 0 aliphatic rings. The maximum atomic E-state index is 12.7. The van der Waals surface area contributed by atoms with Crippen molar-refractivity contribution in [2.45, 2.75) is 26.3 Å². The summed E-state index contributed by atoms with van der Waals surface area (Å²) in [6.45, 7) is 3.92. The Hall–Kier alpha value is -3.02. The van der Waals surface area contributed by atoms with Crippen molar-refractivity contribution in [2.24, 2.45) is 0 Å². The first-order chi connectivity index (χ1) is 12.5. The van der Waals surface area contributed by atoms with Crippen molar-refractivity contribution in [3.8, 4) is 11.5 Å². The molecule has 26 heavy (non-hydrogen) atoms. The molecule has 2 aromatic rings. The minimum atomic E-state index is -0.385. The molecule has 1 atom stereocenters. The van der Waals surface area contributed by atoms with Crippen LogP contribution < -0.4 is 20.1 Å². The predicted octanol–water partition coefficient (Wildman–Crippen LogP) is 3.48. The lowest BCUT2D eigenvalue weighted by Gasteiger charge is -2.16. The minimum absolute atomic E-state index is 0.0461. The van der Waals surface area contributed by atoms with Gasteiger partial charge in [0.2, 0.25) is 0 Å². The Kier molecular flexibility index (Phi) is 6.60. The van der Waals surface area contributed by atoms with Crippen LogP contribution in [0.4, 0.5) is 5.69 Å². The fraction of sp³-hybridized carbons (Fsp3) is 0.300. The van der Waals surface area contributed by atoms with E-state index in [9.17, 15) is 9.59 Å². The molecule has 0 aliphatic carbocycles. The summed E-state index contributed by atoms with van der Waals surface area (Å²) >= 11 is 0. The highest BCUT2D eigenvalue weighted by atomic mass is 16.5. The van der Waals surface area contributed by atoms with Gasteiger partial charge in [-0.2, -0.15) is 0 Å². The number of hydrogen-bond donors (Lipinski definition) is 2. The van der Waals surface area contributed by atoms with Gasteiger partial charge in [0.15, 0.2) is 11.5 Å². The summed E-state index contributed by atoms with van der Waals surface area (Å²) in [5, 5.41) is 5.69. The van der Waals surface area contributed by atoms with Gasteiger partial charge in [-0.15, -0.1) is 0 Å². The van der Waals surface area contributed by atoms with Gasteiger partial charge in [0.1, 0.15) is 0 Å². The first-order valence-corrected chi connectivity index (χ1v) is 8.44. The average molecular weight is 356 g/mol. The monoisotopic (exact) mass is 356 g/mol. The van der Waals surface area contributed by atoms with Crippen molar-refractivity contribution in [3.63, 3.8) is 0 Å². The van der Waals surface area contributed by atoms with Gasteiger partial charge in [-0.1, -0.05) is 25.1 Å². The highest BCUT2D eigenvalue weighted by molar-refractivity contribution is 6.10. The smallest absolute Gasteiger partial charge is 0.259 e. The molecule has 0 spiro atoms. The van der Waals surface area contributed by atoms with Crippen molar-refractivity contribution < 1.29 is 19.1 Å². The topological polar surface area (TPSA) is 76.7 Å². The second-order valence-corrected chi connectivity index (χ2v) is 5.82. The van der Waals surface area contributed by atoms with Crippen molar-refractivity contribution >= 4 is 17.5 Å². The number of ether oxygens (including phenoxy) is 2. The van der Waals surface area contributed by atoms with Gasteiger partial charge in [-0.25, -0.2) is 0 Å². The Morgan fingerprint density at radius 1 is 0.962 bits per heavy atom. The Morgan fingerprint density at radius 3 is 2.31 bits per heavy atom. The zero-order chi connectivity index (χ0) is 19.1. The summed E-state index contributed by atoms with van der Waals surface area (Å²) in [7, 11) is 2.98. The maximum absolute atomic E-state index is 12.7. The molecule has 0 saturated carbocycles. The number of benzene rings is 2. The van der Waals surface area contributed by atoms with Crippen molar-refractivity contribution in [3.05, 3.63) is 53.6 Å². The largest absolute Gasteiger partial charge is 0.493 e. The number of amides is 2. The fourth-order valence-corrected chi connectivity index (χ4v) is 2.45. The molecule has 0 saturated heterocycles. The van der Waals surface area contributed by atoms with Crippen LogP contribution in [0.25, 0.3) is 0 Å². The van der Waals surface area contributed by atoms with E-state index in [-0.39, 0.29) is 17.9 Å². The molecule has 0 fully saturated rings. The molecule has 2 amide bonds. The molecule has 0 bridgehead atoms. The maximum Gasteiger partial charge on any atom is 0.259 e. The van der Waals surface area contributed by atoms with Gasteiger partial charge in [-0.05, 0) is 37.6 Å². The Bertz CT molecular complexity index is 789. The lowest BCUT2D eigenvalue weighted by Crippen LogP contribution is -2.32. The summed E-state index contributed by atoms with van der Waals surface area (Å²) < 4.78 is 10.5. The van der Waals surface area contributed by atoms with Crippen LogP contribution in [-0.4, -0.2) is 32.1 Å². The van der Waals surface area contributed by atoms with E-state index in [1.54, 1.807) is 42.5 Å². The number of rotatable bonds is 7. The van der Waals surface area contributed by atoms with E-state index in [0.717, 1.165) is 6.42 Å². The number of hydrogen-bond acceptors (Lipinski definition) is 4. The van der Waals surface area contributed by atoms with Gasteiger partial charge in [-0.3, -0.25) is 9.59 Å². The molecule has 2 rings (SSSR count). The predicted molar refractivity (Wildman–Crippen MR) is 101 cm³/mol. The van der Waals surface area contributed by atoms with Crippen LogP contribution in [0.5, 0.6) is 11.5 Å². The Labute approximate surface area is 153 Å². The first kappa shape index (κ1) is 19.3. The van der Waals surface area contributed by atoms with E-state index < -0.39 is 0 Å². The molecule has 2 N–H and O–H groups in total. The van der Waals surface area contributed by atoms with Crippen LogP contribution in [0.15, 0.2) is 42.5 Å². The number of anilines is 1. The zero-order valence-corrected chi connectivity index (χ0v) is 15.5. The number of nitrogens with one attached hydrogen (secondary N) is 2. The third-order valence-electron chi connectivity index (χ3n) is 4.06. The molecule has 6 nitrogen and oxygen atoms in total. The molecule has 0 aromatic heterocycles. The van der Waals surface area contributed by atoms with E-state index in [1.807, 2.05) is 13.8 Å². The molecule has 0 aliphatic heterocycles. The zero-order valence-electron chi connectivity index (χ0n) is 15.5. The number of para-hydroxylation sites is 2. The van der Waals surface area contributed by atoms with Gasteiger partial charge in [0, 0.05) is 6.04 Å². The van der Waals surface area contributed by atoms with E-state index in [0.29, 0.717) is 28.3 Å². The van der Waals surface area contributed by atoms with Crippen LogP contribution in [0.2, 0.25) is 0 Å². The Morgan fingerprint density at radius 2 is 1.65 bits per heavy atom. The SMILES string of the molecule is CC[C@@H](C)NC(=O)c1ccccc1NC(=O)c1cccc(OC)c1OC. The van der Waals surface area contributed by atoms with E-state index in [2.05, 4.69) is 10.6 Å². The highest BCUT2D eigenvalue weighted by Gasteiger charge is 2.19. The van der Waals surface area contributed by atoms with Gasteiger partial charge in [0.25, 0.3) is 11.8 Å². The lowest BCUT2D eigenvalue weighted by atomic mass is 10.1. The third kappa shape index (κ3) is 4.33. The second-order valence-electron chi connectivity index (χ2n) is 5.82. The quantitative estimate of drug-likeness (QED) is 0.796. The summed E-state index contributed by atoms with van der Waals surface area (Å²) in [5.41, 5.74) is 1.16. The molecule has 138 valence electrons. The van der Waals surface area contributed by atoms with Gasteiger partial charge >= 0.3 is 0 Å². The van der Waals surface area contributed by atoms with Crippen LogP contribution in [0, 0.1) is 0 Å². The van der Waals surface area contributed by atoms with Crippen molar-refractivity contribution in [2.75, 3.05) is 19.5 Å². The summed E-state index contributed by atoms with van der Waals surface area (Å²) in [6.07, 6.45) is 0.821. The van der Waals surface area contributed by atoms with E-state index >= 15 is 0 Å². The molecule has 2 aromatic carbocycles. The van der Waals surface area contributed by atoms with Gasteiger partial charge < -0.3 is 20.1 Å². The second kappa shape index (κ2) is 8.89. The summed E-state index contributed by atoms with van der Waals surface area (Å²) in [6, 6.07) is 12.0. The number of methoxy groups -OCH3 is 2. The van der Waals surface area contributed by atoms with Crippen molar-refractivity contribution in [1.29, 1.82) is 0 Å². The van der Waals surface area contributed by atoms with Gasteiger partial charge in [0.05, 0.1) is 31.0 Å². The first-order valence-electron chi connectivity index (χ1n) is 8.44.